The summed E-state index contributed by atoms with van der Waals surface area (Å²) in [5, 5.41) is 0. The maximum Gasteiger partial charge on any atom is 0.255 e. The van der Waals surface area contributed by atoms with Crippen molar-refractivity contribution in [3.63, 3.8) is 0 Å². The Balaban J connectivity index is 2.21. The van der Waals surface area contributed by atoms with Crippen molar-refractivity contribution in [1.29, 1.82) is 0 Å². The molecule has 0 aliphatic rings. The van der Waals surface area contributed by atoms with Crippen molar-refractivity contribution >= 4 is 12.2 Å². The summed E-state index contributed by atoms with van der Waals surface area (Å²) in [7, 11) is 1.69. The third-order valence-electron chi connectivity index (χ3n) is 4.51. The zero-order chi connectivity index (χ0) is 19.4. The second-order valence-electron chi connectivity index (χ2n) is 7.55. The van der Waals surface area contributed by atoms with E-state index >= 15 is 0 Å². The Morgan fingerprint density at radius 1 is 0.963 bits per heavy atom. The first-order valence-corrected chi connectivity index (χ1v) is 9.04. The van der Waals surface area contributed by atoms with E-state index in [0.29, 0.717) is 5.56 Å². The molecule has 0 fully saturated rings. The van der Waals surface area contributed by atoms with Gasteiger partial charge in [0.25, 0.3) is 5.56 Å². The number of rotatable bonds is 4. The number of hydrogen-bond donors (Lipinski definition) is 1. The number of methoxy groups -OCH3 is 1. The van der Waals surface area contributed by atoms with Crippen LogP contribution < -0.4 is 10.3 Å². The van der Waals surface area contributed by atoms with Gasteiger partial charge < -0.3 is 9.72 Å². The standard InChI is InChI=1S/C24H25NO2/c1-24(2,3)21-16-19(20-11-8-14-25-23(20)26)15-18(22(21)27-4)13-12-17-9-6-5-7-10-17/h5-16H,1-4H3,(H,25,26)/b13-12+. The van der Waals surface area contributed by atoms with Gasteiger partial charge in [-0.3, -0.25) is 4.79 Å². The highest BCUT2D eigenvalue weighted by atomic mass is 16.5. The zero-order valence-corrected chi connectivity index (χ0v) is 16.2. The molecular weight excluding hydrogens is 334 g/mol. The monoisotopic (exact) mass is 359 g/mol. The van der Waals surface area contributed by atoms with Crippen LogP contribution in [0.25, 0.3) is 23.3 Å². The number of H-pyrrole nitrogens is 1. The van der Waals surface area contributed by atoms with Crippen molar-refractivity contribution in [2.75, 3.05) is 7.11 Å². The summed E-state index contributed by atoms with van der Waals surface area (Å²) in [6, 6.07) is 17.9. The molecule has 27 heavy (non-hydrogen) atoms. The van der Waals surface area contributed by atoms with Gasteiger partial charge in [0.1, 0.15) is 5.75 Å². The maximum absolute atomic E-state index is 12.3. The van der Waals surface area contributed by atoms with Crippen LogP contribution in [0.1, 0.15) is 37.5 Å². The summed E-state index contributed by atoms with van der Waals surface area (Å²) in [4.78, 5) is 15.1. The molecule has 1 N–H and O–H groups in total. The number of pyridine rings is 1. The summed E-state index contributed by atoms with van der Waals surface area (Å²) in [6.45, 7) is 6.44. The fourth-order valence-electron chi connectivity index (χ4n) is 3.11. The molecule has 0 atom stereocenters. The Hall–Kier alpha value is -3.07. The molecule has 3 heteroatoms. The molecule has 3 rings (SSSR count). The topological polar surface area (TPSA) is 42.1 Å². The van der Waals surface area contributed by atoms with E-state index in [1.54, 1.807) is 13.3 Å². The van der Waals surface area contributed by atoms with Crippen molar-refractivity contribution in [1.82, 2.24) is 4.98 Å². The second-order valence-corrected chi connectivity index (χ2v) is 7.55. The highest BCUT2D eigenvalue weighted by molar-refractivity contribution is 5.78. The quantitative estimate of drug-likeness (QED) is 0.623. The van der Waals surface area contributed by atoms with Crippen molar-refractivity contribution in [2.45, 2.75) is 26.2 Å². The lowest BCUT2D eigenvalue weighted by Gasteiger charge is -2.24. The summed E-state index contributed by atoms with van der Waals surface area (Å²) in [6.07, 6.45) is 5.75. The van der Waals surface area contributed by atoms with Crippen LogP contribution in [-0.2, 0) is 5.41 Å². The molecule has 3 aromatic rings. The van der Waals surface area contributed by atoms with Gasteiger partial charge in [0.2, 0.25) is 0 Å². The minimum absolute atomic E-state index is 0.0967. The maximum atomic E-state index is 12.3. The Kier molecular flexibility index (Phi) is 5.31. The number of benzene rings is 2. The molecule has 0 amide bonds. The van der Waals surface area contributed by atoms with Gasteiger partial charge in [-0.05, 0) is 40.8 Å². The van der Waals surface area contributed by atoms with Crippen LogP contribution in [-0.4, -0.2) is 12.1 Å². The van der Waals surface area contributed by atoms with E-state index in [4.69, 9.17) is 4.74 Å². The smallest absolute Gasteiger partial charge is 0.255 e. The summed E-state index contributed by atoms with van der Waals surface area (Å²) >= 11 is 0. The lowest BCUT2D eigenvalue weighted by Crippen LogP contribution is -2.15. The van der Waals surface area contributed by atoms with E-state index in [9.17, 15) is 4.79 Å². The highest BCUT2D eigenvalue weighted by Gasteiger charge is 2.22. The van der Waals surface area contributed by atoms with E-state index in [1.165, 1.54) is 0 Å². The van der Waals surface area contributed by atoms with Gasteiger partial charge in [-0.25, -0.2) is 0 Å². The molecule has 138 valence electrons. The Bertz CT molecular complexity index is 1010. The normalized spacial score (nSPS) is 11.7. The average Bonchev–Trinajstić information content (AvgIpc) is 2.66. The first-order chi connectivity index (χ1) is 12.9. The molecule has 0 aliphatic carbocycles. The predicted octanol–water partition coefficient (Wildman–Crippen LogP) is 5.52. The van der Waals surface area contributed by atoms with E-state index < -0.39 is 0 Å². The van der Waals surface area contributed by atoms with Crippen LogP contribution in [0.4, 0.5) is 0 Å². The Labute approximate surface area is 160 Å². The third-order valence-corrected chi connectivity index (χ3v) is 4.51. The number of aromatic nitrogens is 1. The molecule has 3 nitrogen and oxygen atoms in total. The first-order valence-electron chi connectivity index (χ1n) is 9.04. The highest BCUT2D eigenvalue weighted by Crippen LogP contribution is 2.38. The van der Waals surface area contributed by atoms with Crippen LogP contribution in [0, 0.1) is 0 Å². The summed E-state index contributed by atoms with van der Waals surface area (Å²) in [5.41, 5.74) is 4.44. The first kappa shape index (κ1) is 18.7. The van der Waals surface area contributed by atoms with Crippen LogP contribution in [0.15, 0.2) is 65.6 Å². The fourth-order valence-corrected chi connectivity index (χ4v) is 3.11. The van der Waals surface area contributed by atoms with Crippen molar-refractivity contribution in [2.24, 2.45) is 0 Å². The average molecular weight is 359 g/mol. The van der Waals surface area contributed by atoms with E-state index in [-0.39, 0.29) is 11.0 Å². The molecule has 1 heterocycles. The molecule has 0 spiro atoms. The minimum atomic E-state index is -0.127. The summed E-state index contributed by atoms with van der Waals surface area (Å²) in [5.74, 6) is 0.839. The third kappa shape index (κ3) is 4.20. The van der Waals surface area contributed by atoms with Gasteiger partial charge in [0, 0.05) is 22.9 Å². The molecule has 0 radical (unpaired) electrons. The van der Waals surface area contributed by atoms with Crippen LogP contribution >= 0.6 is 0 Å². The van der Waals surface area contributed by atoms with E-state index in [1.807, 2.05) is 42.5 Å². The van der Waals surface area contributed by atoms with Crippen molar-refractivity contribution in [3.05, 3.63) is 87.8 Å². The number of ether oxygens (including phenoxy) is 1. The van der Waals surface area contributed by atoms with Gasteiger partial charge in [0.05, 0.1) is 7.11 Å². The predicted molar refractivity (Wildman–Crippen MR) is 113 cm³/mol. The Morgan fingerprint density at radius 2 is 1.70 bits per heavy atom. The molecule has 0 saturated carbocycles. The number of hydrogen-bond acceptors (Lipinski definition) is 2. The van der Waals surface area contributed by atoms with Crippen LogP contribution in [0.2, 0.25) is 0 Å². The summed E-state index contributed by atoms with van der Waals surface area (Å²) < 4.78 is 5.78. The molecule has 1 aromatic heterocycles. The second kappa shape index (κ2) is 7.67. The molecule has 0 unspecified atom stereocenters. The lowest BCUT2D eigenvalue weighted by atomic mass is 9.83. The van der Waals surface area contributed by atoms with E-state index in [2.05, 4.69) is 50.0 Å². The van der Waals surface area contributed by atoms with Crippen LogP contribution in [0.5, 0.6) is 5.75 Å². The van der Waals surface area contributed by atoms with Gasteiger partial charge in [0.15, 0.2) is 0 Å². The van der Waals surface area contributed by atoms with Crippen molar-refractivity contribution in [3.8, 4) is 16.9 Å². The van der Waals surface area contributed by atoms with Crippen molar-refractivity contribution < 1.29 is 4.74 Å². The minimum Gasteiger partial charge on any atom is -0.496 e. The number of aromatic amines is 1. The number of nitrogens with one attached hydrogen (secondary N) is 1. The van der Waals surface area contributed by atoms with Gasteiger partial charge >= 0.3 is 0 Å². The fraction of sp³-hybridized carbons (Fsp3) is 0.208. The zero-order valence-electron chi connectivity index (χ0n) is 16.2. The van der Waals surface area contributed by atoms with Gasteiger partial charge in [-0.1, -0.05) is 63.3 Å². The van der Waals surface area contributed by atoms with Gasteiger partial charge in [-0.2, -0.15) is 0 Å². The molecule has 0 aliphatic heterocycles. The largest absolute Gasteiger partial charge is 0.496 e. The molecule has 0 saturated heterocycles. The van der Waals surface area contributed by atoms with E-state index in [0.717, 1.165) is 28.0 Å². The van der Waals surface area contributed by atoms with Gasteiger partial charge in [-0.15, -0.1) is 0 Å². The Morgan fingerprint density at radius 3 is 2.33 bits per heavy atom. The molecular formula is C24H25NO2. The molecule has 2 aromatic carbocycles. The SMILES string of the molecule is COc1c(/C=C/c2ccccc2)cc(-c2ccc[nH]c2=O)cc1C(C)(C)C. The lowest BCUT2D eigenvalue weighted by molar-refractivity contribution is 0.397. The molecule has 0 bridgehead atoms. The van der Waals surface area contributed by atoms with Crippen LogP contribution in [0.3, 0.4) is 0 Å².